The Bertz CT molecular complexity index is 470. The van der Waals surface area contributed by atoms with Gasteiger partial charge in [-0.3, -0.25) is 4.79 Å². The summed E-state index contributed by atoms with van der Waals surface area (Å²) in [6.07, 6.45) is 3.74. The van der Waals surface area contributed by atoms with Crippen molar-refractivity contribution < 1.29 is 9.53 Å². The van der Waals surface area contributed by atoms with E-state index in [2.05, 4.69) is 27.4 Å². The molecule has 3 aliphatic rings. The number of ether oxygens (including phenoxy) is 1. The summed E-state index contributed by atoms with van der Waals surface area (Å²) < 4.78 is 6.48. The van der Waals surface area contributed by atoms with Crippen molar-refractivity contribution in [2.75, 3.05) is 0 Å². The normalized spacial score (nSPS) is 45.2. The maximum absolute atomic E-state index is 12.8. The average molecular weight is 291 g/mol. The molecule has 2 heterocycles. The van der Waals surface area contributed by atoms with E-state index in [4.69, 9.17) is 4.74 Å². The molecule has 118 valence electrons. The lowest BCUT2D eigenvalue weighted by atomic mass is 9.70. The second-order valence-electron chi connectivity index (χ2n) is 8.11. The average Bonchev–Trinajstić information content (AvgIpc) is 2.61. The van der Waals surface area contributed by atoms with E-state index in [1.165, 1.54) is 12.8 Å². The topological polar surface area (TPSA) is 29.5 Å². The van der Waals surface area contributed by atoms with Crippen LogP contribution in [0.15, 0.2) is 12.2 Å². The first kappa shape index (κ1) is 15.1. The lowest BCUT2D eigenvalue weighted by molar-refractivity contribution is -0.224. The Kier molecular flexibility index (Phi) is 3.47. The van der Waals surface area contributed by atoms with E-state index < -0.39 is 0 Å². The van der Waals surface area contributed by atoms with Crippen LogP contribution < -0.4 is 0 Å². The van der Waals surface area contributed by atoms with Gasteiger partial charge in [0.15, 0.2) is 0 Å². The van der Waals surface area contributed by atoms with Crippen LogP contribution in [0, 0.1) is 23.7 Å². The molecule has 21 heavy (non-hydrogen) atoms. The Labute approximate surface area is 128 Å². The van der Waals surface area contributed by atoms with E-state index in [0.29, 0.717) is 12.0 Å². The standard InChI is InChI=1S/C18H29NO2/c1-10(2)15-12(4)16(20)19-17(15)21-14-9-11(3)7-8-13(14)18(19,5)6/h11-15,17H,1,7-9H2,2-6H3/t11-,12+,13-,14-,15-,17+/m1/s1. The monoisotopic (exact) mass is 291 g/mol. The molecule has 0 aromatic rings. The molecule has 0 bridgehead atoms. The van der Waals surface area contributed by atoms with Crippen LogP contribution in [0.3, 0.4) is 0 Å². The van der Waals surface area contributed by atoms with E-state index in [0.717, 1.165) is 17.9 Å². The molecular formula is C18H29NO2. The van der Waals surface area contributed by atoms with Gasteiger partial charge >= 0.3 is 0 Å². The van der Waals surface area contributed by atoms with Crippen LogP contribution in [0.5, 0.6) is 0 Å². The van der Waals surface area contributed by atoms with E-state index in [1.54, 1.807) is 0 Å². The molecule has 6 atom stereocenters. The number of nitrogens with zero attached hydrogens (tertiary/aromatic N) is 1. The van der Waals surface area contributed by atoms with Crippen LogP contribution in [-0.2, 0) is 9.53 Å². The number of hydrogen-bond donors (Lipinski definition) is 0. The maximum atomic E-state index is 12.8. The lowest BCUT2D eigenvalue weighted by Crippen LogP contribution is -2.64. The summed E-state index contributed by atoms with van der Waals surface area (Å²) >= 11 is 0. The second kappa shape index (κ2) is 4.84. The molecule has 1 amide bonds. The maximum Gasteiger partial charge on any atom is 0.228 e. The third-order valence-corrected chi connectivity index (χ3v) is 6.19. The van der Waals surface area contributed by atoms with Gasteiger partial charge in [-0.2, -0.15) is 0 Å². The fourth-order valence-corrected chi connectivity index (χ4v) is 4.98. The molecule has 0 aromatic carbocycles. The molecule has 2 aliphatic heterocycles. The molecule has 3 fully saturated rings. The summed E-state index contributed by atoms with van der Waals surface area (Å²) in [6.45, 7) is 15.0. The van der Waals surface area contributed by atoms with Crippen molar-refractivity contribution in [2.45, 2.75) is 71.8 Å². The molecule has 2 saturated heterocycles. The van der Waals surface area contributed by atoms with Gasteiger partial charge in [-0.1, -0.05) is 32.4 Å². The minimum Gasteiger partial charge on any atom is -0.354 e. The van der Waals surface area contributed by atoms with Gasteiger partial charge in [-0.15, -0.1) is 0 Å². The summed E-state index contributed by atoms with van der Waals surface area (Å²) in [5.41, 5.74) is 0.963. The Balaban J connectivity index is 1.98. The molecule has 0 spiro atoms. The van der Waals surface area contributed by atoms with Crippen molar-refractivity contribution in [3.8, 4) is 0 Å². The number of hydrogen-bond acceptors (Lipinski definition) is 2. The van der Waals surface area contributed by atoms with Crippen molar-refractivity contribution in [2.24, 2.45) is 23.7 Å². The van der Waals surface area contributed by atoms with Crippen LogP contribution in [0.1, 0.15) is 53.9 Å². The van der Waals surface area contributed by atoms with Gasteiger partial charge in [-0.05, 0) is 39.5 Å². The Morgan fingerprint density at radius 1 is 1.33 bits per heavy atom. The van der Waals surface area contributed by atoms with Gasteiger partial charge in [0.05, 0.1) is 6.10 Å². The Morgan fingerprint density at radius 3 is 2.62 bits per heavy atom. The number of carbonyl (C=O) groups excluding carboxylic acids is 1. The highest BCUT2D eigenvalue weighted by molar-refractivity contribution is 5.83. The highest BCUT2D eigenvalue weighted by Crippen LogP contribution is 2.51. The van der Waals surface area contributed by atoms with Gasteiger partial charge in [-0.25, -0.2) is 0 Å². The van der Waals surface area contributed by atoms with Crippen molar-refractivity contribution in [1.82, 2.24) is 4.90 Å². The molecule has 0 aromatic heterocycles. The predicted octanol–water partition coefficient (Wildman–Crippen LogP) is 3.60. The highest BCUT2D eigenvalue weighted by Gasteiger charge is 2.59. The first-order valence-corrected chi connectivity index (χ1v) is 8.39. The Morgan fingerprint density at radius 2 is 2.00 bits per heavy atom. The van der Waals surface area contributed by atoms with Crippen molar-refractivity contribution in [3.63, 3.8) is 0 Å². The zero-order chi connectivity index (χ0) is 15.5. The van der Waals surface area contributed by atoms with Gasteiger partial charge < -0.3 is 9.64 Å². The van der Waals surface area contributed by atoms with Crippen molar-refractivity contribution in [3.05, 3.63) is 12.2 Å². The van der Waals surface area contributed by atoms with Crippen LogP contribution in [0.4, 0.5) is 0 Å². The molecule has 3 heteroatoms. The molecule has 0 N–H and O–H groups in total. The molecule has 1 saturated carbocycles. The smallest absolute Gasteiger partial charge is 0.228 e. The van der Waals surface area contributed by atoms with Crippen LogP contribution in [-0.4, -0.2) is 28.7 Å². The van der Waals surface area contributed by atoms with E-state index in [1.807, 2.05) is 18.7 Å². The second-order valence-corrected chi connectivity index (χ2v) is 8.11. The van der Waals surface area contributed by atoms with Crippen LogP contribution in [0.25, 0.3) is 0 Å². The fraction of sp³-hybridized carbons (Fsp3) is 0.833. The molecule has 3 rings (SSSR count). The van der Waals surface area contributed by atoms with Gasteiger partial charge in [0, 0.05) is 23.3 Å². The third-order valence-electron chi connectivity index (χ3n) is 6.19. The van der Waals surface area contributed by atoms with E-state index >= 15 is 0 Å². The van der Waals surface area contributed by atoms with E-state index in [9.17, 15) is 4.79 Å². The molecule has 1 aliphatic carbocycles. The van der Waals surface area contributed by atoms with Crippen molar-refractivity contribution >= 4 is 5.91 Å². The summed E-state index contributed by atoms with van der Waals surface area (Å²) in [7, 11) is 0. The quantitative estimate of drug-likeness (QED) is 0.691. The first-order valence-electron chi connectivity index (χ1n) is 8.39. The van der Waals surface area contributed by atoms with Gasteiger partial charge in [0.2, 0.25) is 5.91 Å². The SMILES string of the molecule is C=C(C)[C@@H]1[C@H](C)C(=O)N2[C@H]1O[C@@H]1C[C@H](C)CC[C@H]1C2(C)C. The lowest BCUT2D eigenvalue weighted by Gasteiger charge is -2.56. The number of rotatable bonds is 1. The van der Waals surface area contributed by atoms with Crippen LogP contribution >= 0.6 is 0 Å². The summed E-state index contributed by atoms with van der Waals surface area (Å²) in [6, 6.07) is 0. The van der Waals surface area contributed by atoms with Crippen molar-refractivity contribution in [1.29, 1.82) is 0 Å². The zero-order valence-electron chi connectivity index (χ0n) is 14.1. The number of carbonyl (C=O) groups is 1. The fourth-order valence-electron chi connectivity index (χ4n) is 4.98. The number of fused-ring (bicyclic) bond motifs is 2. The molecule has 0 radical (unpaired) electrons. The zero-order valence-corrected chi connectivity index (χ0v) is 14.1. The minimum absolute atomic E-state index is 0.00986. The highest BCUT2D eigenvalue weighted by atomic mass is 16.5. The Hall–Kier alpha value is -0.830. The van der Waals surface area contributed by atoms with E-state index in [-0.39, 0.29) is 29.5 Å². The van der Waals surface area contributed by atoms with Gasteiger partial charge in [0.1, 0.15) is 6.23 Å². The first-order chi connectivity index (χ1) is 9.75. The summed E-state index contributed by atoms with van der Waals surface area (Å²) in [5, 5.41) is 0. The summed E-state index contributed by atoms with van der Waals surface area (Å²) in [4.78, 5) is 14.9. The molecular weight excluding hydrogens is 262 g/mol. The predicted molar refractivity (Wildman–Crippen MR) is 83.6 cm³/mol. The summed E-state index contributed by atoms with van der Waals surface area (Å²) in [5.74, 6) is 1.56. The largest absolute Gasteiger partial charge is 0.354 e. The third kappa shape index (κ3) is 2.08. The van der Waals surface area contributed by atoms with Gasteiger partial charge in [0.25, 0.3) is 0 Å². The molecule has 3 nitrogen and oxygen atoms in total. The molecule has 0 unspecified atom stereocenters. The number of amides is 1. The minimum atomic E-state index is -0.108. The van der Waals surface area contributed by atoms with Crippen LogP contribution in [0.2, 0.25) is 0 Å².